The summed E-state index contributed by atoms with van der Waals surface area (Å²) in [4.78, 5) is 40.8. The van der Waals surface area contributed by atoms with Crippen LogP contribution in [0, 0.1) is 12.3 Å². The molecule has 3 aromatic rings. The van der Waals surface area contributed by atoms with Crippen LogP contribution in [0.1, 0.15) is 43.0 Å². The van der Waals surface area contributed by atoms with Gasteiger partial charge in [-0.3, -0.25) is 24.5 Å². The van der Waals surface area contributed by atoms with Crippen LogP contribution in [0.4, 0.5) is 11.4 Å². The fourth-order valence-electron chi connectivity index (χ4n) is 4.90. The third-order valence-electron chi connectivity index (χ3n) is 7.32. The Morgan fingerprint density at radius 3 is 2.30 bits per heavy atom. The maximum Gasteiger partial charge on any atom is 0.242 e. The van der Waals surface area contributed by atoms with Crippen LogP contribution in [0.25, 0.3) is 0 Å². The van der Waals surface area contributed by atoms with Gasteiger partial charge in [-0.1, -0.05) is 12.1 Å². The number of benzene rings is 1. The summed E-state index contributed by atoms with van der Waals surface area (Å²) in [6, 6.07) is 12.3. The summed E-state index contributed by atoms with van der Waals surface area (Å²) in [6.07, 6.45) is 9.25. The lowest BCUT2D eigenvalue weighted by atomic mass is 9.90. The van der Waals surface area contributed by atoms with E-state index >= 15 is 0 Å². The molecular formula is C30H37N5O2. The minimum Gasteiger partial charge on any atom is -0.313 e. The molecule has 0 aliphatic carbocycles. The maximum absolute atomic E-state index is 13.2. The summed E-state index contributed by atoms with van der Waals surface area (Å²) in [7, 11) is 1.77. The highest BCUT2D eigenvalue weighted by Crippen LogP contribution is 2.38. The number of hydrogen-bond donors (Lipinski definition) is 0. The molecular weight excluding hydrogens is 462 g/mol. The van der Waals surface area contributed by atoms with Crippen molar-refractivity contribution in [2.24, 2.45) is 5.41 Å². The summed E-state index contributed by atoms with van der Waals surface area (Å²) in [5.41, 5.74) is 5.28. The monoisotopic (exact) mass is 499 g/mol. The van der Waals surface area contributed by atoms with Crippen LogP contribution in [0.5, 0.6) is 0 Å². The minimum atomic E-state index is -1.10. The molecule has 7 nitrogen and oxygen atoms in total. The van der Waals surface area contributed by atoms with Crippen molar-refractivity contribution in [3.63, 3.8) is 0 Å². The van der Waals surface area contributed by atoms with E-state index in [4.69, 9.17) is 0 Å². The van der Waals surface area contributed by atoms with Crippen molar-refractivity contribution < 1.29 is 9.59 Å². The summed E-state index contributed by atoms with van der Waals surface area (Å²) < 4.78 is 0. The first-order valence-corrected chi connectivity index (χ1v) is 13.0. The number of carbonyl (C=O) groups is 2. The van der Waals surface area contributed by atoms with Gasteiger partial charge in [-0.05, 0) is 87.1 Å². The molecule has 3 heterocycles. The third-order valence-corrected chi connectivity index (χ3v) is 7.32. The predicted molar refractivity (Wildman–Crippen MR) is 148 cm³/mol. The first kappa shape index (κ1) is 26.5. The van der Waals surface area contributed by atoms with Crippen molar-refractivity contribution in [2.45, 2.75) is 47.1 Å². The van der Waals surface area contributed by atoms with E-state index in [0.717, 1.165) is 49.4 Å². The van der Waals surface area contributed by atoms with Crippen LogP contribution in [-0.2, 0) is 29.0 Å². The zero-order valence-electron chi connectivity index (χ0n) is 22.6. The van der Waals surface area contributed by atoms with Gasteiger partial charge in [0.05, 0.1) is 11.4 Å². The zero-order valence-corrected chi connectivity index (χ0v) is 22.6. The van der Waals surface area contributed by atoms with Crippen LogP contribution < -0.4 is 9.80 Å². The quantitative estimate of drug-likeness (QED) is 0.408. The van der Waals surface area contributed by atoms with Crippen LogP contribution in [0.2, 0.25) is 0 Å². The Morgan fingerprint density at radius 2 is 1.62 bits per heavy atom. The molecule has 7 heteroatoms. The van der Waals surface area contributed by atoms with E-state index in [-0.39, 0.29) is 11.8 Å². The molecule has 2 aromatic heterocycles. The molecule has 1 aliphatic rings. The fourth-order valence-corrected chi connectivity index (χ4v) is 4.90. The van der Waals surface area contributed by atoms with Crippen molar-refractivity contribution >= 4 is 23.2 Å². The number of amides is 2. The van der Waals surface area contributed by atoms with Gasteiger partial charge in [-0.15, -0.1) is 0 Å². The number of fused-ring (bicyclic) bond motifs is 1. The van der Waals surface area contributed by atoms with E-state index in [0.29, 0.717) is 6.54 Å². The fraction of sp³-hybridized carbons (Fsp3) is 0.400. The Labute approximate surface area is 220 Å². The molecule has 0 bridgehead atoms. The van der Waals surface area contributed by atoms with E-state index < -0.39 is 5.41 Å². The molecule has 0 N–H and O–H groups in total. The maximum atomic E-state index is 13.2. The van der Waals surface area contributed by atoms with E-state index in [2.05, 4.69) is 46.1 Å². The number of nitrogens with zero attached hydrogens (tertiary/aromatic N) is 5. The van der Waals surface area contributed by atoms with Gasteiger partial charge in [0.1, 0.15) is 5.41 Å². The second-order valence-corrected chi connectivity index (χ2v) is 10.3. The van der Waals surface area contributed by atoms with Crippen molar-refractivity contribution in [3.05, 3.63) is 83.4 Å². The first-order valence-electron chi connectivity index (χ1n) is 13.0. The molecule has 0 radical (unpaired) electrons. The Hall–Kier alpha value is -3.58. The molecule has 0 saturated carbocycles. The topological polar surface area (TPSA) is 69.6 Å². The number of pyridine rings is 2. The highest BCUT2D eigenvalue weighted by Gasteiger charge is 2.45. The smallest absolute Gasteiger partial charge is 0.242 e. The minimum absolute atomic E-state index is 0.160. The number of rotatable bonds is 9. The number of aryl methyl sites for hydroxylation is 1. The van der Waals surface area contributed by atoms with Gasteiger partial charge in [-0.2, -0.15) is 0 Å². The van der Waals surface area contributed by atoms with Gasteiger partial charge in [0.2, 0.25) is 11.8 Å². The molecule has 0 fully saturated rings. The van der Waals surface area contributed by atoms with E-state index in [1.807, 2.05) is 37.6 Å². The van der Waals surface area contributed by atoms with Gasteiger partial charge in [0, 0.05) is 58.0 Å². The molecule has 1 aliphatic heterocycles. The standard InChI is InChI=1S/C30H37N5O2/c1-6-35-26-10-9-23(18-27(26)33(5)28(36)30(3,4)29(35)37)12-16-34(17-13-24-8-7-14-31-19-24)21-25-20-32-15-11-22(25)2/h7-11,14-15,18-20H,6,12-13,16-17,21H2,1-5H3. The highest BCUT2D eigenvalue weighted by molar-refractivity contribution is 6.19. The summed E-state index contributed by atoms with van der Waals surface area (Å²) in [5, 5.41) is 0. The molecule has 0 unspecified atom stereocenters. The lowest BCUT2D eigenvalue weighted by Crippen LogP contribution is -2.47. The molecule has 194 valence electrons. The van der Waals surface area contributed by atoms with Crippen molar-refractivity contribution in [3.8, 4) is 0 Å². The third kappa shape index (κ3) is 5.72. The second kappa shape index (κ2) is 11.2. The predicted octanol–water partition coefficient (Wildman–Crippen LogP) is 4.43. The van der Waals surface area contributed by atoms with Crippen molar-refractivity contribution in [2.75, 3.05) is 36.5 Å². The SMILES string of the molecule is CCN1C(=O)C(C)(C)C(=O)N(C)c2cc(CCN(CCc3cccnc3)Cc3cnccc3C)ccc21. The first-order chi connectivity index (χ1) is 17.7. The Bertz CT molecular complexity index is 1260. The number of hydrogen-bond acceptors (Lipinski definition) is 5. The Balaban J connectivity index is 1.56. The largest absolute Gasteiger partial charge is 0.313 e. The second-order valence-electron chi connectivity index (χ2n) is 10.3. The van der Waals surface area contributed by atoms with Crippen molar-refractivity contribution in [1.29, 1.82) is 0 Å². The molecule has 0 atom stereocenters. The Morgan fingerprint density at radius 1 is 0.892 bits per heavy atom. The van der Waals surface area contributed by atoms with Crippen LogP contribution >= 0.6 is 0 Å². The molecule has 1 aromatic carbocycles. The zero-order chi connectivity index (χ0) is 26.6. The molecule has 0 spiro atoms. The van der Waals surface area contributed by atoms with Crippen LogP contribution in [0.15, 0.2) is 61.2 Å². The van der Waals surface area contributed by atoms with Gasteiger partial charge < -0.3 is 9.80 Å². The average molecular weight is 500 g/mol. The van der Waals surface area contributed by atoms with Gasteiger partial charge in [0.15, 0.2) is 0 Å². The Kier molecular flexibility index (Phi) is 8.03. The molecule has 4 rings (SSSR count). The van der Waals surface area contributed by atoms with Gasteiger partial charge >= 0.3 is 0 Å². The lowest BCUT2D eigenvalue weighted by Gasteiger charge is -2.27. The highest BCUT2D eigenvalue weighted by atomic mass is 16.2. The average Bonchev–Trinajstić information content (AvgIpc) is 2.96. The van der Waals surface area contributed by atoms with E-state index in [1.165, 1.54) is 16.7 Å². The number of anilines is 2. The summed E-state index contributed by atoms with van der Waals surface area (Å²) in [6.45, 7) is 10.6. The molecule has 0 saturated heterocycles. The summed E-state index contributed by atoms with van der Waals surface area (Å²) in [5.74, 6) is -0.344. The van der Waals surface area contributed by atoms with Gasteiger partial charge in [0.25, 0.3) is 0 Å². The van der Waals surface area contributed by atoms with Crippen LogP contribution in [-0.4, -0.2) is 53.4 Å². The van der Waals surface area contributed by atoms with Gasteiger partial charge in [-0.25, -0.2) is 0 Å². The van der Waals surface area contributed by atoms with E-state index in [9.17, 15) is 9.59 Å². The van der Waals surface area contributed by atoms with Crippen LogP contribution in [0.3, 0.4) is 0 Å². The summed E-state index contributed by atoms with van der Waals surface area (Å²) >= 11 is 0. The normalized spacial score (nSPS) is 15.2. The number of aromatic nitrogens is 2. The lowest BCUT2D eigenvalue weighted by molar-refractivity contribution is -0.137. The molecule has 37 heavy (non-hydrogen) atoms. The van der Waals surface area contributed by atoms with Crippen molar-refractivity contribution in [1.82, 2.24) is 14.9 Å². The molecule has 2 amide bonds. The number of carbonyl (C=O) groups excluding carboxylic acids is 2. The van der Waals surface area contributed by atoms with E-state index in [1.54, 1.807) is 36.9 Å².